The molecule has 0 radical (unpaired) electrons. The molecule has 6 nitrogen and oxygen atoms in total. The van der Waals surface area contributed by atoms with E-state index in [-0.39, 0.29) is 18.8 Å². The van der Waals surface area contributed by atoms with Crippen molar-refractivity contribution in [2.45, 2.75) is 32.6 Å². The molecule has 2 aliphatic carbocycles. The van der Waals surface area contributed by atoms with Crippen molar-refractivity contribution in [2.24, 2.45) is 11.3 Å². The van der Waals surface area contributed by atoms with Crippen LogP contribution in [0.15, 0.2) is 22.8 Å². The molecular weight excluding hydrogens is 300 g/mol. The molecule has 1 fully saturated rings. The lowest BCUT2D eigenvalue weighted by Gasteiger charge is -2.23. The summed E-state index contributed by atoms with van der Waals surface area (Å²) in [6.07, 6.45) is 3.70. The van der Waals surface area contributed by atoms with Crippen molar-refractivity contribution in [3.05, 3.63) is 22.8 Å². The van der Waals surface area contributed by atoms with Crippen molar-refractivity contribution >= 4 is 17.9 Å². The molecule has 0 aliphatic heterocycles. The van der Waals surface area contributed by atoms with Crippen LogP contribution in [0, 0.1) is 11.3 Å². The third kappa shape index (κ3) is 2.78. The molecule has 0 heterocycles. The Hall–Kier alpha value is -2.11. The van der Waals surface area contributed by atoms with Gasteiger partial charge in [-0.15, -0.1) is 0 Å². The summed E-state index contributed by atoms with van der Waals surface area (Å²) in [7, 11) is 3.83. The second kappa shape index (κ2) is 6.56. The van der Waals surface area contributed by atoms with Crippen LogP contribution in [-0.4, -0.2) is 39.2 Å². The standard InChI is InChI=1S/C17H22O6/c1-10-6-5-7-11(14(18)21-2)13-9-17(8-12(10)13,15(19)22-3)16(20)23-4/h6,12H,5,7-9H2,1-4H3. The van der Waals surface area contributed by atoms with Crippen LogP contribution in [0.2, 0.25) is 0 Å². The zero-order valence-electron chi connectivity index (χ0n) is 13.9. The molecule has 0 bridgehead atoms. The molecule has 0 aromatic rings. The second-order valence-electron chi connectivity index (χ2n) is 5.98. The minimum Gasteiger partial charge on any atom is -0.468 e. The lowest BCUT2D eigenvalue weighted by molar-refractivity contribution is -0.168. The Bertz CT molecular complexity index is 582. The van der Waals surface area contributed by atoms with Gasteiger partial charge in [-0.1, -0.05) is 17.2 Å². The smallest absolute Gasteiger partial charge is 0.333 e. The highest BCUT2D eigenvalue weighted by atomic mass is 16.5. The predicted molar refractivity (Wildman–Crippen MR) is 81.2 cm³/mol. The second-order valence-corrected chi connectivity index (χ2v) is 5.98. The summed E-state index contributed by atoms with van der Waals surface area (Å²) in [6, 6.07) is 0. The number of methoxy groups -OCH3 is 3. The first kappa shape index (κ1) is 17.2. The van der Waals surface area contributed by atoms with E-state index in [1.807, 2.05) is 13.0 Å². The van der Waals surface area contributed by atoms with E-state index >= 15 is 0 Å². The van der Waals surface area contributed by atoms with Crippen LogP contribution >= 0.6 is 0 Å². The number of carbonyl (C=O) groups excluding carboxylic acids is 3. The molecule has 0 amide bonds. The van der Waals surface area contributed by atoms with Gasteiger partial charge in [-0.3, -0.25) is 9.59 Å². The highest BCUT2D eigenvalue weighted by molar-refractivity contribution is 6.02. The van der Waals surface area contributed by atoms with Gasteiger partial charge in [0, 0.05) is 11.5 Å². The van der Waals surface area contributed by atoms with Gasteiger partial charge in [-0.2, -0.15) is 0 Å². The summed E-state index contributed by atoms with van der Waals surface area (Å²) >= 11 is 0. The molecule has 1 unspecified atom stereocenters. The molecule has 6 heteroatoms. The maximum atomic E-state index is 12.3. The van der Waals surface area contributed by atoms with E-state index in [0.717, 1.165) is 17.6 Å². The lowest BCUT2D eigenvalue weighted by Crippen LogP contribution is -2.39. The fraction of sp³-hybridized carbons (Fsp3) is 0.588. The van der Waals surface area contributed by atoms with Crippen molar-refractivity contribution in [1.82, 2.24) is 0 Å². The number of ether oxygens (including phenoxy) is 3. The van der Waals surface area contributed by atoms with Crippen molar-refractivity contribution in [3.63, 3.8) is 0 Å². The first-order valence-electron chi connectivity index (χ1n) is 7.55. The normalized spacial score (nSPS) is 22.6. The lowest BCUT2D eigenvalue weighted by atomic mass is 9.84. The Balaban J connectivity index is 2.57. The number of hydrogen-bond acceptors (Lipinski definition) is 6. The van der Waals surface area contributed by atoms with E-state index in [2.05, 4.69) is 0 Å². The highest BCUT2D eigenvalue weighted by Gasteiger charge is 2.56. The molecule has 2 rings (SSSR count). The molecule has 23 heavy (non-hydrogen) atoms. The van der Waals surface area contributed by atoms with Gasteiger partial charge >= 0.3 is 17.9 Å². The molecule has 126 valence electrons. The average molecular weight is 322 g/mol. The average Bonchev–Trinajstić information content (AvgIpc) is 2.91. The zero-order chi connectivity index (χ0) is 17.2. The van der Waals surface area contributed by atoms with Gasteiger partial charge in [0.25, 0.3) is 0 Å². The van der Waals surface area contributed by atoms with Gasteiger partial charge in [-0.05, 0) is 32.6 Å². The molecule has 2 aliphatic rings. The number of hydrogen-bond donors (Lipinski definition) is 0. The molecule has 0 spiro atoms. The zero-order valence-corrected chi connectivity index (χ0v) is 13.9. The molecule has 0 aromatic carbocycles. The largest absolute Gasteiger partial charge is 0.468 e. The monoisotopic (exact) mass is 322 g/mol. The van der Waals surface area contributed by atoms with E-state index in [4.69, 9.17) is 14.2 Å². The van der Waals surface area contributed by atoms with Crippen LogP contribution in [0.4, 0.5) is 0 Å². The maximum Gasteiger partial charge on any atom is 0.333 e. The van der Waals surface area contributed by atoms with Crippen LogP contribution in [0.1, 0.15) is 32.6 Å². The van der Waals surface area contributed by atoms with Gasteiger partial charge in [-0.25, -0.2) is 4.79 Å². The summed E-state index contributed by atoms with van der Waals surface area (Å²) in [5, 5.41) is 0. The molecule has 1 saturated carbocycles. The van der Waals surface area contributed by atoms with Crippen LogP contribution in [0.5, 0.6) is 0 Å². The molecule has 0 N–H and O–H groups in total. The summed E-state index contributed by atoms with van der Waals surface area (Å²) in [5.74, 6) is -1.80. The fourth-order valence-corrected chi connectivity index (χ4v) is 3.63. The van der Waals surface area contributed by atoms with E-state index in [1.165, 1.54) is 21.3 Å². The van der Waals surface area contributed by atoms with Gasteiger partial charge in [0.1, 0.15) is 0 Å². The van der Waals surface area contributed by atoms with Crippen LogP contribution in [0.25, 0.3) is 0 Å². The quantitative estimate of drug-likeness (QED) is 0.342. The first-order chi connectivity index (χ1) is 10.9. The SMILES string of the molecule is COC(=O)C1=C2CC(C(=O)OC)(C(=O)OC)CC2C(C)=CCC1. The van der Waals surface area contributed by atoms with Crippen LogP contribution in [0.3, 0.4) is 0 Å². The summed E-state index contributed by atoms with van der Waals surface area (Å²) in [4.78, 5) is 36.8. The Labute approximate surface area is 135 Å². The molecule has 1 atom stereocenters. The minimum absolute atomic E-state index is 0.132. The Morgan fingerprint density at radius 2 is 1.70 bits per heavy atom. The minimum atomic E-state index is -1.39. The van der Waals surface area contributed by atoms with Crippen molar-refractivity contribution < 1.29 is 28.6 Å². The Kier molecular flexibility index (Phi) is 4.92. The Morgan fingerprint density at radius 3 is 2.22 bits per heavy atom. The summed E-state index contributed by atoms with van der Waals surface area (Å²) < 4.78 is 14.6. The van der Waals surface area contributed by atoms with Crippen LogP contribution in [-0.2, 0) is 28.6 Å². The molecule has 0 saturated heterocycles. The van der Waals surface area contributed by atoms with E-state index < -0.39 is 23.3 Å². The van der Waals surface area contributed by atoms with E-state index in [1.54, 1.807) is 0 Å². The van der Waals surface area contributed by atoms with Gasteiger partial charge < -0.3 is 14.2 Å². The molecular formula is C17H22O6. The topological polar surface area (TPSA) is 78.9 Å². The first-order valence-corrected chi connectivity index (χ1v) is 7.55. The van der Waals surface area contributed by atoms with Gasteiger partial charge in [0.15, 0.2) is 5.41 Å². The van der Waals surface area contributed by atoms with Crippen molar-refractivity contribution in [2.75, 3.05) is 21.3 Å². The number of carbonyl (C=O) groups is 3. The van der Waals surface area contributed by atoms with Gasteiger partial charge in [0.05, 0.1) is 21.3 Å². The fourth-order valence-electron chi connectivity index (χ4n) is 3.63. The van der Waals surface area contributed by atoms with Crippen molar-refractivity contribution in [1.29, 1.82) is 0 Å². The Morgan fingerprint density at radius 1 is 1.09 bits per heavy atom. The number of fused-ring (bicyclic) bond motifs is 1. The van der Waals surface area contributed by atoms with E-state index in [9.17, 15) is 14.4 Å². The number of rotatable bonds is 3. The predicted octanol–water partition coefficient (Wildman–Crippen LogP) is 1.94. The van der Waals surface area contributed by atoms with Crippen LogP contribution < -0.4 is 0 Å². The van der Waals surface area contributed by atoms with E-state index in [0.29, 0.717) is 12.0 Å². The maximum absolute atomic E-state index is 12.3. The van der Waals surface area contributed by atoms with Gasteiger partial charge in [0.2, 0.25) is 0 Å². The number of esters is 3. The summed E-state index contributed by atoms with van der Waals surface area (Å²) in [5.41, 5.74) is 1.00. The third-order valence-corrected chi connectivity index (χ3v) is 4.85. The highest BCUT2D eigenvalue weighted by Crippen LogP contribution is 2.52. The molecule has 0 aromatic heterocycles. The third-order valence-electron chi connectivity index (χ3n) is 4.85. The summed E-state index contributed by atoms with van der Waals surface area (Å²) in [6.45, 7) is 1.95. The van der Waals surface area contributed by atoms with Crippen molar-refractivity contribution in [3.8, 4) is 0 Å². The number of allylic oxidation sites excluding steroid dienone is 3.